The number of nitrogens with zero attached hydrogens (tertiary/aromatic N) is 2. The minimum Gasteiger partial charge on any atom is -0.469 e. The summed E-state index contributed by atoms with van der Waals surface area (Å²) in [5.41, 5.74) is 3.55. The number of rotatable bonds is 2. The fourth-order valence-corrected chi connectivity index (χ4v) is 2.62. The van der Waals surface area contributed by atoms with Crippen LogP contribution in [0.3, 0.4) is 0 Å². The van der Waals surface area contributed by atoms with Gasteiger partial charge in [-0.1, -0.05) is 24.3 Å². The van der Waals surface area contributed by atoms with Crippen molar-refractivity contribution < 1.29 is 4.74 Å². The second kappa shape index (κ2) is 5.17. The van der Waals surface area contributed by atoms with Crippen LogP contribution in [0.2, 0.25) is 5.28 Å². The van der Waals surface area contributed by atoms with Gasteiger partial charge in [0.1, 0.15) is 6.10 Å². The lowest BCUT2D eigenvalue weighted by Gasteiger charge is -2.26. The van der Waals surface area contributed by atoms with E-state index < -0.39 is 0 Å². The number of halogens is 1. The molecule has 1 unspecified atom stereocenters. The zero-order valence-corrected chi connectivity index (χ0v) is 11.5. The summed E-state index contributed by atoms with van der Waals surface area (Å²) in [7, 11) is 0. The van der Waals surface area contributed by atoms with Gasteiger partial charge in [-0.3, -0.25) is 0 Å². The largest absolute Gasteiger partial charge is 0.469 e. The summed E-state index contributed by atoms with van der Waals surface area (Å²) in [4.78, 5) is 8.12. The molecule has 0 bridgehead atoms. The highest BCUT2D eigenvalue weighted by atomic mass is 35.5. The molecule has 0 fully saturated rings. The molecule has 0 N–H and O–H groups in total. The van der Waals surface area contributed by atoms with Crippen LogP contribution in [-0.4, -0.2) is 9.97 Å². The highest BCUT2D eigenvalue weighted by molar-refractivity contribution is 6.28. The molecule has 1 aliphatic rings. The van der Waals surface area contributed by atoms with E-state index in [0.717, 1.165) is 24.8 Å². The minimum absolute atomic E-state index is 0.0645. The standard InChI is InChI=1S/C15H15ClN2O/c1-10-9-17-15(16)18-14(10)19-13-8-4-6-11-5-2-3-7-12(11)13/h2-3,5,7,9,13H,4,6,8H2,1H3. The van der Waals surface area contributed by atoms with Crippen LogP contribution in [0.25, 0.3) is 0 Å². The third-order valence-electron chi connectivity index (χ3n) is 3.46. The molecular weight excluding hydrogens is 260 g/mol. The van der Waals surface area contributed by atoms with E-state index in [0.29, 0.717) is 5.88 Å². The fourth-order valence-electron chi connectivity index (χ4n) is 2.49. The van der Waals surface area contributed by atoms with Crippen molar-refractivity contribution in [1.29, 1.82) is 0 Å². The van der Waals surface area contributed by atoms with Crippen LogP contribution in [0, 0.1) is 6.92 Å². The Bertz CT molecular complexity index is 600. The van der Waals surface area contributed by atoms with Gasteiger partial charge in [0.15, 0.2) is 0 Å². The van der Waals surface area contributed by atoms with Gasteiger partial charge in [0, 0.05) is 11.8 Å². The van der Waals surface area contributed by atoms with Crippen LogP contribution < -0.4 is 4.74 Å². The zero-order valence-electron chi connectivity index (χ0n) is 10.8. The molecule has 0 aliphatic heterocycles. The summed E-state index contributed by atoms with van der Waals surface area (Å²) in [6.07, 6.45) is 5.03. The smallest absolute Gasteiger partial charge is 0.225 e. The molecule has 1 atom stereocenters. The average Bonchev–Trinajstić information content (AvgIpc) is 2.43. The maximum Gasteiger partial charge on any atom is 0.225 e. The van der Waals surface area contributed by atoms with Gasteiger partial charge in [0.25, 0.3) is 0 Å². The first-order valence-corrected chi connectivity index (χ1v) is 6.85. The number of benzene rings is 1. The lowest BCUT2D eigenvalue weighted by Crippen LogP contribution is -2.16. The molecule has 1 aliphatic carbocycles. The second-order valence-corrected chi connectivity index (χ2v) is 5.16. The van der Waals surface area contributed by atoms with E-state index in [1.807, 2.05) is 6.92 Å². The lowest BCUT2D eigenvalue weighted by molar-refractivity contribution is 0.174. The van der Waals surface area contributed by atoms with E-state index in [1.54, 1.807) is 6.20 Å². The Morgan fingerprint density at radius 2 is 2.16 bits per heavy atom. The number of aromatic nitrogens is 2. The molecule has 0 saturated heterocycles. The first-order chi connectivity index (χ1) is 9.24. The topological polar surface area (TPSA) is 35.0 Å². The first kappa shape index (κ1) is 12.4. The van der Waals surface area contributed by atoms with Gasteiger partial charge in [-0.25, -0.2) is 4.98 Å². The Morgan fingerprint density at radius 3 is 3.05 bits per heavy atom. The summed E-state index contributed by atoms with van der Waals surface area (Å²) in [5, 5.41) is 0.227. The van der Waals surface area contributed by atoms with E-state index in [-0.39, 0.29) is 11.4 Å². The third kappa shape index (κ3) is 2.56. The predicted octanol–water partition coefficient (Wildman–Crippen LogP) is 3.89. The molecule has 2 aromatic rings. The first-order valence-electron chi connectivity index (χ1n) is 6.47. The van der Waals surface area contributed by atoms with Crippen molar-refractivity contribution in [3.63, 3.8) is 0 Å². The van der Waals surface area contributed by atoms with Crippen molar-refractivity contribution in [2.24, 2.45) is 0 Å². The molecule has 1 aromatic carbocycles. The van der Waals surface area contributed by atoms with Crippen molar-refractivity contribution in [1.82, 2.24) is 9.97 Å². The molecule has 19 heavy (non-hydrogen) atoms. The monoisotopic (exact) mass is 274 g/mol. The minimum atomic E-state index is 0.0645. The Labute approximate surface area is 117 Å². The molecule has 0 spiro atoms. The van der Waals surface area contributed by atoms with Crippen LogP contribution in [-0.2, 0) is 6.42 Å². The molecule has 98 valence electrons. The third-order valence-corrected chi connectivity index (χ3v) is 3.65. The summed E-state index contributed by atoms with van der Waals surface area (Å²) in [6, 6.07) is 8.44. The molecule has 3 rings (SSSR count). The maximum absolute atomic E-state index is 6.06. The van der Waals surface area contributed by atoms with Crippen LogP contribution in [0.5, 0.6) is 5.88 Å². The number of hydrogen-bond donors (Lipinski definition) is 0. The van der Waals surface area contributed by atoms with Crippen LogP contribution in [0.1, 0.15) is 35.6 Å². The van der Waals surface area contributed by atoms with E-state index in [1.165, 1.54) is 11.1 Å². The Balaban J connectivity index is 1.90. The molecule has 0 saturated carbocycles. The van der Waals surface area contributed by atoms with Gasteiger partial charge in [0.05, 0.1) is 0 Å². The number of hydrogen-bond acceptors (Lipinski definition) is 3. The predicted molar refractivity (Wildman–Crippen MR) is 74.5 cm³/mol. The second-order valence-electron chi connectivity index (χ2n) is 4.82. The van der Waals surface area contributed by atoms with Gasteiger partial charge < -0.3 is 4.74 Å². The van der Waals surface area contributed by atoms with E-state index in [2.05, 4.69) is 34.2 Å². The van der Waals surface area contributed by atoms with E-state index >= 15 is 0 Å². The fraction of sp³-hybridized carbons (Fsp3) is 0.333. The quantitative estimate of drug-likeness (QED) is 0.779. The summed E-state index contributed by atoms with van der Waals surface area (Å²) in [5.74, 6) is 0.585. The molecule has 3 nitrogen and oxygen atoms in total. The molecule has 1 heterocycles. The maximum atomic E-state index is 6.06. The highest BCUT2D eigenvalue weighted by Gasteiger charge is 2.22. The van der Waals surface area contributed by atoms with Crippen LogP contribution in [0.4, 0.5) is 0 Å². The molecule has 1 aromatic heterocycles. The average molecular weight is 275 g/mol. The number of ether oxygens (including phenoxy) is 1. The molecular formula is C15H15ClN2O. The van der Waals surface area contributed by atoms with Gasteiger partial charge >= 0.3 is 0 Å². The van der Waals surface area contributed by atoms with Crippen molar-refractivity contribution in [3.8, 4) is 5.88 Å². The Kier molecular flexibility index (Phi) is 3.38. The van der Waals surface area contributed by atoms with Gasteiger partial charge in [-0.05, 0) is 48.9 Å². The number of aryl methyl sites for hydroxylation is 2. The Hall–Kier alpha value is -1.61. The van der Waals surface area contributed by atoms with Gasteiger partial charge in [0.2, 0.25) is 11.2 Å². The molecule has 4 heteroatoms. The zero-order chi connectivity index (χ0) is 13.2. The van der Waals surface area contributed by atoms with Gasteiger partial charge in [-0.15, -0.1) is 0 Å². The van der Waals surface area contributed by atoms with Crippen molar-refractivity contribution in [2.45, 2.75) is 32.3 Å². The van der Waals surface area contributed by atoms with Gasteiger partial charge in [-0.2, -0.15) is 4.98 Å². The lowest BCUT2D eigenvalue weighted by atomic mass is 9.89. The molecule has 0 radical (unpaired) electrons. The van der Waals surface area contributed by atoms with Crippen molar-refractivity contribution in [2.75, 3.05) is 0 Å². The summed E-state index contributed by atoms with van der Waals surface area (Å²) >= 11 is 5.83. The Morgan fingerprint density at radius 1 is 1.32 bits per heavy atom. The SMILES string of the molecule is Cc1cnc(Cl)nc1OC1CCCc2ccccc21. The van der Waals surface area contributed by atoms with Crippen molar-refractivity contribution >= 4 is 11.6 Å². The van der Waals surface area contributed by atoms with Crippen molar-refractivity contribution in [3.05, 3.63) is 52.4 Å². The summed E-state index contributed by atoms with van der Waals surface area (Å²) < 4.78 is 6.06. The van der Waals surface area contributed by atoms with E-state index in [4.69, 9.17) is 16.3 Å². The number of fused-ring (bicyclic) bond motifs is 1. The normalized spacial score (nSPS) is 17.9. The highest BCUT2D eigenvalue weighted by Crippen LogP contribution is 2.33. The van der Waals surface area contributed by atoms with Crippen LogP contribution >= 0.6 is 11.6 Å². The van der Waals surface area contributed by atoms with E-state index in [9.17, 15) is 0 Å². The van der Waals surface area contributed by atoms with Crippen LogP contribution in [0.15, 0.2) is 30.5 Å². The molecule has 0 amide bonds. The summed E-state index contributed by atoms with van der Waals surface area (Å²) in [6.45, 7) is 1.93.